The Morgan fingerprint density at radius 2 is 1.76 bits per heavy atom. The number of nitrogens with one attached hydrogen (secondary N) is 1. The third-order valence-corrected chi connectivity index (χ3v) is 5.60. The van der Waals surface area contributed by atoms with Crippen LogP contribution in [0, 0.1) is 0 Å². The molecule has 1 aliphatic rings. The Labute approximate surface area is 190 Å². The van der Waals surface area contributed by atoms with Gasteiger partial charge in [0.25, 0.3) is 5.91 Å². The van der Waals surface area contributed by atoms with Crippen LogP contribution in [0.25, 0.3) is 11.3 Å². The summed E-state index contributed by atoms with van der Waals surface area (Å²) in [5.41, 5.74) is -0.544. The van der Waals surface area contributed by atoms with Gasteiger partial charge in [-0.2, -0.15) is 31.4 Å². The van der Waals surface area contributed by atoms with Crippen LogP contribution in [0.2, 0.25) is 0 Å². The number of nitrogens with zero attached hydrogens (tertiary/aromatic N) is 4. The number of aryl methyl sites for hydroxylation is 2. The maximum absolute atomic E-state index is 13.0. The summed E-state index contributed by atoms with van der Waals surface area (Å²) in [5.74, 6) is -0.712. The quantitative estimate of drug-likeness (QED) is 0.415. The lowest BCUT2D eigenvalue weighted by Gasteiger charge is -2.19. The number of aromatic nitrogens is 4. The second-order valence-corrected chi connectivity index (χ2v) is 7.97. The van der Waals surface area contributed by atoms with Crippen molar-refractivity contribution in [1.82, 2.24) is 25.1 Å². The zero-order valence-corrected chi connectivity index (χ0v) is 17.8. The van der Waals surface area contributed by atoms with Gasteiger partial charge in [0.05, 0.1) is 11.7 Å². The topological polar surface area (TPSA) is 72.7 Å². The van der Waals surface area contributed by atoms with Gasteiger partial charge in [0.15, 0.2) is 5.69 Å². The molecule has 1 amide bonds. The van der Waals surface area contributed by atoms with E-state index in [2.05, 4.69) is 20.4 Å². The molecule has 1 atom stereocenters. The zero-order chi connectivity index (χ0) is 24.7. The monoisotopic (exact) mass is 483 g/mol. The maximum atomic E-state index is 13.0. The van der Waals surface area contributed by atoms with E-state index in [4.69, 9.17) is 0 Å². The molecule has 6 nitrogen and oxygen atoms in total. The van der Waals surface area contributed by atoms with E-state index in [1.54, 1.807) is 12.1 Å². The zero-order valence-electron chi connectivity index (χ0n) is 17.8. The fourth-order valence-electron chi connectivity index (χ4n) is 3.93. The molecule has 3 aromatic rings. The molecular weight excluding hydrogens is 464 g/mol. The first-order valence-corrected chi connectivity index (χ1v) is 10.4. The number of rotatable bonds is 3. The van der Waals surface area contributed by atoms with Crippen LogP contribution >= 0.6 is 0 Å². The minimum atomic E-state index is -4.68. The second-order valence-electron chi connectivity index (χ2n) is 7.97. The van der Waals surface area contributed by atoms with Crippen molar-refractivity contribution in [2.75, 3.05) is 0 Å². The summed E-state index contributed by atoms with van der Waals surface area (Å²) in [6, 6.07) is 5.78. The van der Waals surface area contributed by atoms with E-state index in [0.29, 0.717) is 35.9 Å². The van der Waals surface area contributed by atoms with Crippen LogP contribution in [-0.4, -0.2) is 25.7 Å². The molecule has 1 unspecified atom stereocenters. The molecule has 3 aromatic heterocycles. The van der Waals surface area contributed by atoms with Gasteiger partial charge in [0.2, 0.25) is 0 Å². The highest BCUT2D eigenvalue weighted by Gasteiger charge is 2.36. The van der Waals surface area contributed by atoms with E-state index in [1.807, 2.05) is 0 Å². The van der Waals surface area contributed by atoms with Gasteiger partial charge < -0.3 is 5.32 Å². The van der Waals surface area contributed by atoms with Gasteiger partial charge in [-0.1, -0.05) is 12.5 Å². The molecule has 4 rings (SSSR count). The molecule has 0 aromatic carbocycles. The summed E-state index contributed by atoms with van der Waals surface area (Å²) >= 11 is 0. The number of fused-ring (bicyclic) bond motifs is 1. The van der Waals surface area contributed by atoms with E-state index in [1.165, 1.54) is 13.1 Å². The third-order valence-electron chi connectivity index (χ3n) is 5.60. The van der Waals surface area contributed by atoms with Crippen molar-refractivity contribution < 1.29 is 31.1 Å². The van der Waals surface area contributed by atoms with Crippen molar-refractivity contribution in [3.8, 4) is 11.3 Å². The van der Waals surface area contributed by atoms with Crippen LogP contribution in [0.5, 0.6) is 0 Å². The minimum absolute atomic E-state index is 0.237. The molecule has 0 saturated heterocycles. The number of carbonyl (C=O) groups is 1. The summed E-state index contributed by atoms with van der Waals surface area (Å²) in [7, 11) is 1.25. The fraction of sp³-hybridized carbons (Fsp3) is 0.364. The number of carbonyl (C=O) groups excluding carboxylic acids is 1. The molecule has 0 radical (unpaired) electrons. The summed E-state index contributed by atoms with van der Waals surface area (Å²) in [4.78, 5) is 20.6. The molecular formula is C22H19F6N5O. The molecule has 3 heterocycles. The van der Waals surface area contributed by atoms with Gasteiger partial charge in [0.1, 0.15) is 11.4 Å². The molecule has 1 aliphatic carbocycles. The molecule has 0 saturated carbocycles. The second kappa shape index (κ2) is 8.73. The summed E-state index contributed by atoms with van der Waals surface area (Å²) in [5, 5.41) is 6.12. The van der Waals surface area contributed by atoms with Gasteiger partial charge in [-0.15, -0.1) is 0 Å². The van der Waals surface area contributed by atoms with Crippen molar-refractivity contribution in [3.05, 3.63) is 64.9 Å². The van der Waals surface area contributed by atoms with Crippen LogP contribution in [0.1, 0.15) is 58.4 Å². The Hall–Kier alpha value is -3.44. The van der Waals surface area contributed by atoms with Crippen LogP contribution in [0.3, 0.4) is 0 Å². The highest BCUT2D eigenvalue weighted by molar-refractivity contribution is 5.93. The van der Waals surface area contributed by atoms with E-state index >= 15 is 0 Å². The largest absolute Gasteiger partial charge is 0.435 e. The number of hydrogen-bond donors (Lipinski definition) is 1. The SMILES string of the molecule is Cn1nc(C(F)(F)F)cc1C(=O)NC1CCCCc2nc(-c3ccnc(C(F)(F)F)c3)ccc21. The van der Waals surface area contributed by atoms with Crippen molar-refractivity contribution in [1.29, 1.82) is 0 Å². The number of hydrogen-bond acceptors (Lipinski definition) is 4. The highest BCUT2D eigenvalue weighted by Crippen LogP contribution is 2.33. The normalized spacial score (nSPS) is 16.6. The van der Waals surface area contributed by atoms with Crippen molar-refractivity contribution >= 4 is 5.91 Å². The predicted octanol–water partition coefficient (Wildman–Crippen LogP) is 5.11. The van der Waals surface area contributed by atoms with Crippen molar-refractivity contribution in [2.45, 2.75) is 44.1 Å². The van der Waals surface area contributed by atoms with Gasteiger partial charge >= 0.3 is 12.4 Å². The molecule has 0 bridgehead atoms. The lowest BCUT2D eigenvalue weighted by molar-refractivity contribution is -0.142. The van der Waals surface area contributed by atoms with Crippen molar-refractivity contribution in [3.63, 3.8) is 0 Å². The number of halogens is 6. The molecule has 180 valence electrons. The standard InChI is InChI=1S/C22H19F6N5O/c1-33-17(11-19(32-33)22(26,27)28)20(34)31-16-5-3-2-4-15-13(16)6-7-14(30-15)12-8-9-29-18(10-12)21(23,24)25/h6-11,16H,2-5H2,1H3,(H,31,34). The Morgan fingerprint density at radius 1 is 1.03 bits per heavy atom. The van der Waals surface area contributed by atoms with Crippen LogP contribution in [-0.2, 0) is 25.8 Å². The van der Waals surface area contributed by atoms with Crippen molar-refractivity contribution in [2.24, 2.45) is 7.05 Å². The minimum Gasteiger partial charge on any atom is -0.344 e. The summed E-state index contributed by atoms with van der Waals surface area (Å²) in [6.07, 6.45) is -5.64. The Kier molecular flexibility index (Phi) is 6.09. The number of amides is 1. The first-order chi connectivity index (χ1) is 15.9. The van der Waals surface area contributed by atoms with E-state index in [0.717, 1.165) is 29.8 Å². The van der Waals surface area contributed by atoms with Gasteiger partial charge in [-0.25, -0.2) is 0 Å². The predicted molar refractivity (Wildman–Crippen MR) is 108 cm³/mol. The molecule has 1 N–H and O–H groups in total. The molecule has 0 fully saturated rings. The van der Waals surface area contributed by atoms with Gasteiger partial charge in [-0.05, 0) is 43.0 Å². The van der Waals surface area contributed by atoms with Crippen LogP contribution in [0.4, 0.5) is 26.3 Å². The lowest BCUT2D eigenvalue weighted by Crippen LogP contribution is -2.30. The number of alkyl halides is 6. The van der Waals surface area contributed by atoms with Gasteiger partial charge in [0, 0.05) is 30.6 Å². The Morgan fingerprint density at radius 3 is 2.44 bits per heavy atom. The highest BCUT2D eigenvalue weighted by atomic mass is 19.4. The number of pyridine rings is 2. The molecule has 12 heteroatoms. The third kappa shape index (κ3) is 4.90. The average Bonchev–Trinajstić information content (AvgIpc) is 3.07. The molecule has 0 spiro atoms. The summed E-state index contributed by atoms with van der Waals surface area (Å²) < 4.78 is 78.8. The van der Waals surface area contributed by atoms with E-state index < -0.39 is 35.7 Å². The lowest BCUT2D eigenvalue weighted by atomic mass is 10.0. The van der Waals surface area contributed by atoms with Crippen LogP contribution < -0.4 is 5.32 Å². The molecule has 34 heavy (non-hydrogen) atoms. The van der Waals surface area contributed by atoms with E-state index in [9.17, 15) is 31.1 Å². The summed E-state index contributed by atoms with van der Waals surface area (Å²) in [6.45, 7) is 0. The first-order valence-electron chi connectivity index (χ1n) is 10.4. The van der Waals surface area contributed by atoms with E-state index in [-0.39, 0.29) is 11.3 Å². The van der Waals surface area contributed by atoms with Crippen LogP contribution in [0.15, 0.2) is 36.5 Å². The Bertz CT molecular complexity index is 1220. The fourth-order valence-corrected chi connectivity index (χ4v) is 3.93. The maximum Gasteiger partial charge on any atom is 0.435 e. The Balaban J connectivity index is 1.61. The first kappa shape index (κ1) is 23.7. The van der Waals surface area contributed by atoms with Gasteiger partial charge in [-0.3, -0.25) is 19.4 Å². The smallest absolute Gasteiger partial charge is 0.344 e. The molecule has 0 aliphatic heterocycles. The average molecular weight is 483 g/mol.